The number of nitrogens with zero attached hydrogens (tertiary/aromatic N) is 1. The number of methoxy groups -OCH3 is 2. The Morgan fingerprint density at radius 2 is 1.80 bits per heavy atom. The Balaban J connectivity index is 1.62. The molecule has 0 saturated heterocycles. The van der Waals surface area contributed by atoms with Crippen LogP contribution in [-0.4, -0.2) is 35.8 Å². The van der Waals surface area contributed by atoms with Gasteiger partial charge < -0.3 is 29.4 Å². The van der Waals surface area contributed by atoms with Gasteiger partial charge in [-0.2, -0.15) is 0 Å². The maximum Gasteiger partial charge on any atom is 0.253 e. The molecule has 4 rings (SSSR count). The average molecular weight is 510 g/mol. The molecule has 0 aliphatic rings. The normalized spacial score (nSPS) is 10.7. The van der Waals surface area contributed by atoms with Crippen molar-refractivity contribution in [3.05, 3.63) is 80.8 Å². The minimum absolute atomic E-state index is 0.176. The van der Waals surface area contributed by atoms with E-state index in [0.29, 0.717) is 47.4 Å². The first-order chi connectivity index (χ1) is 17.0. The number of fused-ring (bicyclic) bond motifs is 1. The highest BCUT2D eigenvalue weighted by molar-refractivity contribution is 7.80. The maximum absolute atomic E-state index is 13.0. The van der Waals surface area contributed by atoms with Crippen LogP contribution in [0.25, 0.3) is 10.9 Å². The molecule has 0 fully saturated rings. The first kappa shape index (κ1) is 24.6. The number of hydrogen-bond acceptors (Lipinski definition) is 6. The smallest absolute Gasteiger partial charge is 0.253 e. The Hall–Kier alpha value is -3.56. The zero-order chi connectivity index (χ0) is 24.8. The Morgan fingerprint density at radius 3 is 2.46 bits per heavy atom. The number of anilines is 1. The lowest BCUT2D eigenvalue weighted by atomic mass is 10.1. The van der Waals surface area contributed by atoms with Crippen LogP contribution in [0.15, 0.2) is 64.8 Å². The molecule has 2 aromatic heterocycles. The number of hydrogen-bond donors (Lipinski definition) is 2. The summed E-state index contributed by atoms with van der Waals surface area (Å²) in [5.74, 6) is 1.96. The van der Waals surface area contributed by atoms with Crippen LogP contribution >= 0.6 is 23.6 Å². The van der Waals surface area contributed by atoms with Crippen LogP contribution in [0.4, 0.5) is 5.69 Å². The standard InChI is InChI=1S/C26H27N3O4S2/c1-4-33-20-9-7-19(8-10-20)27-26(34)29(16-21-6-5-11-35-21)15-18-12-17-13-23(31-2)24(32-3)14-22(17)28-25(18)30/h5-14H,4,15-16H2,1-3H3,(H,27,34)(H,28,30). The van der Waals surface area contributed by atoms with E-state index in [9.17, 15) is 4.79 Å². The summed E-state index contributed by atoms with van der Waals surface area (Å²) in [6.07, 6.45) is 0. The number of ether oxygens (including phenoxy) is 3. The summed E-state index contributed by atoms with van der Waals surface area (Å²) in [4.78, 5) is 19.1. The van der Waals surface area contributed by atoms with Gasteiger partial charge in [0.25, 0.3) is 5.56 Å². The second-order valence-corrected chi connectivity index (χ2v) is 9.16. The number of aromatic amines is 1. The Labute approximate surface area is 213 Å². The van der Waals surface area contributed by atoms with Crippen molar-refractivity contribution < 1.29 is 14.2 Å². The van der Waals surface area contributed by atoms with Gasteiger partial charge in [-0.1, -0.05) is 6.07 Å². The van der Waals surface area contributed by atoms with Gasteiger partial charge >= 0.3 is 0 Å². The molecule has 2 N–H and O–H groups in total. The van der Waals surface area contributed by atoms with Crippen molar-refractivity contribution in [2.45, 2.75) is 20.0 Å². The van der Waals surface area contributed by atoms with Crippen LogP contribution in [0.1, 0.15) is 17.4 Å². The van der Waals surface area contributed by atoms with E-state index in [1.54, 1.807) is 31.6 Å². The van der Waals surface area contributed by atoms with Crippen LogP contribution in [0.3, 0.4) is 0 Å². The molecule has 35 heavy (non-hydrogen) atoms. The number of pyridine rings is 1. The van der Waals surface area contributed by atoms with Crippen molar-refractivity contribution in [3.63, 3.8) is 0 Å². The summed E-state index contributed by atoms with van der Waals surface area (Å²) in [6, 6.07) is 17.2. The molecule has 0 saturated carbocycles. The third kappa shape index (κ3) is 5.93. The molecule has 0 aliphatic heterocycles. The predicted octanol–water partition coefficient (Wildman–Crippen LogP) is 5.40. The van der Waals surface area contributed by atoms with E-state index >= 15 is 0 Å². The van der Waals surface area contributed by atoms with Crippen LogP contribution in [0.5, 0.6) is 17.2 Å². The molecule has 0 aliphatic carbocycles. The Morgan fingerprint density at radius 1 is 1.06 bits per heavy atom. The van der Waals surface area contributed by atoms with Crippen LogP contribution in [0, 0.1) is 0 Å². The predicted molar refractivity (Wildman–Crippen MR) is 145 cm³/mol. The summed E-state index contributed by atoms with van der Waals surface area (Å²) < 4.78 is 16.3. The number of H-pyrrole nitrogens is 1. The van der Waals surface area contributed by atoms with Gasteiger partial charge in [0.05, 0.1) is 39.4 Å². The fourth-order valence-electron chi connectivity index (χ4n) is 3.70. The average Bonchev–Trinajstić information content (AvgIpc) is 3.38. The van der Waals surface area contributed by atoms with Crippen LogP contribution in [0.2, 0.25) is 0 Å². The molecule has 0 amide bonds. The molecule has 0 unspecified atom stereocenters. The first-order valence-corrected chi connectivity index (χ1v) is 12.4. The van der Waals surface area contributed by atoms with Gasteiger partial charge in [0, 0.05) is 27.6 Å². The summed E-state index contributed by atoms with van der Waals surface area (Å²) in [5, 5.41) is 6.69. The van der Waals surface area contributed by atoms with Crippen LogP contribution < -0.4 is 25.1 Å². The third-order valence-electron chi connectivity index (χ3n) is 5.42. The van der Waals surface area contributed by atoms with Gasteiger partial charge in [0.2, 0.25) is 0 Å². The summed E-state index contributed by atoms with van der Waals surface area (Å²) >= 11 is 7.41. The van der Waals surface area contributed by atoms with E-state index in [1.807, 2.05) is 59.7 Å². The number of thiophene rings is 1. The fourth-order valence-corrected chi connectivity index (χ4v) is 4.66. The van der Waals surface area contributed by atoms with E-state index in [-0.39, 0.29) is 5.56 Å². The highest BCUT2D eigenvalue weighted by Crippen LogP contribution is 2.31. The van der Waals surface area contributed by atoms with E-state index in [2.05, 4.69) is 16.4 Å². The molecule has 0 atom stereocenters. The molecule has 2 heterocycles. The molecule has 182 valence electrons. The highest BCUT2D eigenvalue weighted by Gasteiger charge is 2.16. The van der Waals surface area contributed by atoms with Gasteiger partial charge in [-0.3, -0.25) is 4.79 Å². The largest absolute Gasteiger partial charge is 0.494 e. The number of rotatable bonds is 9. The van der Waals surface area contributed by atoms with Crippen molar-refractivity contribution >= 4 is 45.3 Å². The molecule has 0 radical (unpaired) electrons. The van der Waals surface area contributed by atoms with E-state index in [1.165, 1.54) is 0 Å². The van der Waals surface area contributed by atoms with Crippen molar-refractivity contribution in [2.24, 2.45) is 0 Å². The number of benzene rings is 2. The summed E-state index contributed by atoms with van der Waals surface area (Å²) in [6.45, 7) is 3.47. The van der Waals surface area contributed by atoms with Crippen molar-refractivity contribution in [1.29, 1.82) is 0 Å². The van der Waals surface area contributed by atoms with Gasteiger partial charge in [0.1, 0.15) is 5.75 Å². The van der Waals surface area contributed by atoms with E-state index in [4.69, 9.17) is 26.4 Å². The monoisotopic (exact) mass is 509 g/mol. The molecular formula is C26H27N3O4S2. The van der Waals surface area contributed by atoms with Gasteiger partial charge in [-0.25, -0.2) is 0 Å². The van der Waals surface area contributed by atoms with Crippen molar-refractivity contribution in [3.8, 4) is 17.2 Å². The third-order valence-corrected chi connectivity index (χ3v) is 6.64. The highest BCUT2D eigenvalue weighted by atomic mass is 32.1. The molecule has 2 aromatic carbocycles. The van der Waals surface area contributed by atoms with Crippen LogP contribution in [-0.2, 0) is 13.1 Å². The van der Waals surface area contributed by atoms with Gasteiger partial charge in [0.15, 0.2) is 16.6 Å². The first-order valence-electron chi connectivity index (χ1n) is 11.1. The maximum atomic E-state index is 13.0. The molecule has 0 bridgehead atoms. The molecule has 4 aromatic rings. The zero-order valence-electron chi connectivity index (χ0n) is 19.8. The zero-order valence-corrected chi connectivity index (χ0v) is 21.4. The second-order valence-electron chi connectivity index (χ2n) is 7.74. The number of aromatic nitrogens is 1. The molecule has 0 spiro atoms. The number of thiocarbonyl (C=S) groups is 1. The fraction of sp³-hybridized carbons (Fsp3) is 0.231. The Bertz CT molecular complexity index is 1350. The van der Waals surface area contributed by atoms with Crippen molar-refractivity contribution in [2.75, 3.05) is 26.1 Å². The van der Waals surface area contributed by atoms with E-state index in [0.717, 1.165) is 21.7 Å². The lowest BCUT2D eigenvalue weighted by molar-refractivity contribution is 0.340. The lowest BCUT2D eigenvalue weighted by Gasteiger charge is -2.25. The SMILES string of the molecule is CCOc1ccc(NC(=S)N(Cc2cccs2)Cc2cc3cc(OC)c(OC)cc3[nH]c2=O)cc1. The minimum atomic E-state index is -0.176. The molecular weight excluding hydrogens is 482 g/mol. The summed E-state index contributed by atoms with van der Waals surface area (Å²) in [7, 11) is 3.15. The Kier molecular flexibility index (Phi) is 7.89. The van der Waals surface area contributed by atoms with Gasteiger partial charge in [-0.15, -0.1) is 11.3 Å². The quantitative estimate of drug-likeness (QED) is 0.292. The van der Waals surface area contributed by atoms with Crippen molar-refractivity contribution in [1.82, 2.24) is 9.88 Å². The second kappa shape index (κ2) is 11.2. The molecule has 9 heteroatoms. The molecule has 7 nitrogen and oxygen atoms in total. The minimum Gasteiger partial charge on any atom is -0.494 e. The topological polar surface area (TPSA) is 75.8 Å². The van der Waals surface area contributed by atoms with Gasteiger partial charge in [-0.05, 0) is 67.0 Å². The lowest BCUT2D eigenvalue weighted by Crippen LogP contribution is -2.35. The number of nitrogens with one attached hydrogen (secondary N) is 2. The van der Waals surface area contributed by atoms with E-state index < -0.39 is 0 Å². The summed E-state index contributed by atoms with van der Waals surface area (Å²) in [5.41, 5.74) is 1.94.